The molecule has 0 aliphatic carbocycles. The molecule has 1 fully saturated rings. The number of nitrogens with zero attached hydrogens (tertiary/aromatic N) is 1. The Balaban J connectivity index is 1.72. The van der Waals surface area contributed by atoms with Gasteiger partial charge >= 0.3 is 5.97 Å². The number of methoxy groups -OCH3 is 1. The molecule has 7 heteroatoms. The van der Waals surface area contributed by atoms with Crippen LogP contribution in [0.4, 0.5) is 0 Å². The van der Waals surface area contributed by atoms with Crippen LogP contribution in [-0.4, -0.2) is 47.7 Å². The molecule has 0 bridgehead atoms. The minimum Gasteiger partial charge on any atom is -0.478 e. The first-order chi connectivity index (χ1) is 12.4. The molecule has 2 heterocycles. The highest BCUT2D eigenvalue weighted by Gasteiger charge is 2.45. The van der Waals surface area contributed by atoms with E-state index >= 15 is 0 Å². The van der Waals surface area contributed by atoms with Crippen LogP contribution < -0.4 is 9.47 Å². The number of carboxylic acids is 1. The van der Waals surface area contributed by atoms with Gasteiger partial charge in [0.05, 0.1) is 7.11 Å². The van der Waals surface area contributed by atoms with Gasteiger partial charge < -0.3 is 23.9 Å². The number of carbonyl (C=O) groups excluding carboxylic acids is 1. The van der Waals surface area contributed by atoms with Gasteiger partial charge in [-0.25, -0.2) is 4.79 Å². The fourth-order valence-corrected chi connectivity index (χ4v) is 3.01. The maximum atomic E-state index is 12.5. The number of rotatable bonds is 5. The van der Waals surface area contributed by atoms with Crippen LogP contribution in [0.25, 0.3) is 0 Å². The molecule has 1 amide bonds. The number of furan rings is 1. The summed E-state index contributed by atoms with van der Waals surface area (Å²) in [4.78, 5) is 26.0. The molecule has 138 valence electrons. The number of likely N-dealkylation sites (tertiary alicyclic amines) is 1. The third-order valence-corrected chi connectivity index (χ3v) is 4.64. The number of carboxylic acid groups (broad SMARTS) is 1. The third kappa shape index (κ3) is 3.37. The smallest absolute Gasteiger partial charge is 0.348 e. The van der Waals surface area contributed by atoms with Gasteiger partial charge in [-0.05, 0) is 24.6 Å². The number of piperidine rings is 1. The zero-order chi connectivity index (χ0) is 18.7. The second-order valence-electron chi connectivity index (χ2n) is 6.28. The van der Waals surface area contributed by atoms with Crippen molar-refractivity contribution >= 4 is 11.9 Å². The Morgan fingerprint density at radius 2 is 1.85 bits per heavy atom. The highest BCUT2D eigenvalue weighted by molar-refractivity contribution is 5.92. The molecule has 0 atom stereocenters. The average Bonchev–Trinajstić information content (AvgIpc) is 3.13. The van der Waals surface area contributed by atoms with E-state index in [4.69, 9.17) is 13.9 Å². The fraction of sp³-hybridized carbons (Fsp3) is 0.368. The standard InChI is InChI=1S/C19H21NO6/c1-13-5-3-4-6-14(13)26-19(18(22)23)9-11-20(12-10-19)17(21)15-7-8-16(24-2)25-15/h3-8H,9-12H2,1-2H3,(H,22,23). The Bertz CT molecular complexity index is 804. The van der Waals surface area contributed by atoms with Crippen LogP contribution in [0.15, 0.2) is 40.8 Å². The Labute approximate surface area is 151 Å². The molecular formula is C19H21NO6. The lowest BCUT2D eigenvalue weighted by Crippen LogP contribution is -2.54. The van der Waals surface area contributed by atoms with E-state index in [-0.39, 0.29) is 43.5 Å². The van der Waals surface area contributed by atoms with Gasteiger partial charge in [0.2, 0.25) is 5.60 Å². The number of hydrogen-bond acceptors (Lipinski definition) is 5. The molecule has 7 nitrogen and oxygen atoms in total. The average molecular weight is 359 g/mol. The predicted octanol–water partition coefficient (Wildman–Crippen LogP) is 2.74. The first kappa shape index (κ1) is 17.8. The molecule has 3 rings (SSSR count). The molecule has 2 aromatic rings. The summed E-state index contributed by atoms with van der Waals surface area (Å²) in [7, 11) is 1.46. The Morgan fingerprint density at radius 3 is 2.42 bits per heavy atom. The number of ether oxygens (including phenoxy) is 2. The summed E-state index contributed by atoms with van der Waals surface area (Å²) >= 11 is 0. The quantitative estimate of drug-likeness (QED) is 0.883. The summed E-state index contributed by atoms with van der Waals surface area (Å²) in [6.45, 7) is 2.40. The van der Waals surface area contributed by atoms with Gasteiger partial charge in [0.15, 0.2) is 5.76 Å². The van der Waals surface area contributed by atoms with Crippen molar-refractivity contribution in [1.29, 1.82) is 0 Å². The summed E-state index contributed by atoms with van der Waals surface area (Å²) in [5, 5.41) is 9.75. The van der Waals surface area contributed by atoms with Crippen molar-refractivity contribution < 1.29 is 28.6 Å². The van der Waals surface area contributed by atoms with Crippen molar-refractivity contribution in [2.45, 2.75) is 25.4 Å². The van der Waals surface area contributed by atoms with Gasteiger partial charge in [0.1, 0.15) is 5.75 Å². The van der Waals surface area contributed by atoms with Gasteiger partial charge in [-0.2, -0.15) is 0 Å². The van der Waals surface area contributed by atoms with Crippen molar-refractivity contribution in [1.82, 2.24) is 4.90 Å². The number of aliphatic carboxylic acids is 1. The SMILES string of the molecule is COc1ccc(C(=O)N2CCC(Oc3ccccc3C)(C(=O)O)CC2)o1. The van der Waals surface area contributed by atoms with Crippen molar-refractivity contribution in [3.63, 3.8) is 0 Å². The largest absolute Gasteiger partial charge is 0.478 e. The number of amides is 1. The summed E-state index contributed by atoms with van der Waals surface area (Å²) < 4.78 is 16.1. The van der Waals surface area contributed by atoms with E-state index in [0.29, 0.717) is 5.75 Å². The molecule has 0 spiro atoms. The zero-order valence-corrected chi connectivity index (χ0v) is 14.7. The monoisotopic (exact) mass is 359 g/mol. The first-order valence-electron chi connectivity index (χ1n) is 8.36. The first-order valence-corrected chi connectivity index (χ1v) is 8.36. The van der Waals surface area contributed by atoms with E-state index in [1.165, 1.54) is 7.11 Å². The van der Waals surface area contributed by atoms with E-state index in [2.05, 4.69) is 0 Å². The van der Waals surface area contributed by atoms with E-state index in [9.17, 15) is 14.7 Å². The van der Waals surface area contributed by atoms with Crippen LogP contribution in [0.1, 0.15) is 29.0 Å². The van der Waals surface area contributed by atoms with Crippen molar-refractivity contribution in [2.75, 3.05) is 20.2 Å². The molecule has 1 N–H and O–H groups in total. The third-order valence-electron chi connectivity index (χ3n) is 4.64. The van der Waals surface area contributed by atoms with Crippen LogP contribution in [0, 0.1) is 6.92 Å². The van der Waals surface area contributed by atoms with Crippen molar-refractivity contribution in [2.24, 2.45) is 0 Å². The predicted molar refractivity (Wildman–Crippen MR) is 92.6 cm³/mol. The fourth-order valence-electron chi connectivity index (χ4n) is 3.01. The van der Waals surface area contributed by atoms with Crippen LogP contribution in [0.5, 0.6) is 11.7 Å². The molecule has 0 unspecified atom stereocenters. The van der Waals surface area contributed by atoms with Gasteiger partial charge in [-0.1, -0.05) is 18.2 Å². The number of para-hydroxylation sites is 1. The van der Waals surface area contributed by atoms with Gasteiger partial charge in [0.25, 0.3) is 11.9 Å². The van der Waals surface area contributed by atoms with Gasteiger partial charge in [-0.3, -0.25) is 4.79 Å². The Hall–Kier alpha value is -2.96. The minimum absolute atomic E-state index is 0.171. The van der Waals surface area contributed by atoms with Crippen molar-refractivity contribution in [3.8, 4) is 11.7 Å². The normalized spacial score (nSPS) is 16.2. The topological polar surface area (TPSA) is 89.2 Å². The molecule has 1 saturated heterocycles. The van der Waals surface area contributed by atoms with Crippen LogP contribution in [0.2, 0.25) is 0 Å². The second-order valence-corrected chi connectivity index (χ2v) is 6.28. The lowest BCUT2D eigenvalue weighted by atomic mass is 9.90. The van der Waals surface area contributed by atoms with Gasteiger partial charge in [0, 0.05) is 32.0 Å². The lowest BCUT2D eigenvalue weighted by molar-refractivity contribution is -0.159. The summed E-state index contributed by atoms with van der Waals surface area (Å²) in [6, 6.07) is 10.4. The Morgan fingerprint density at radius 1 is 1.15 bits per heavy atom. The maximum Gasteiger partial charge on any atom is 0.348 e. The van der Waals surface area contributed by atoms with Crippen LogP contribution in [0.3, 0.4) is 0 Å². The molecule has 1 aliphatic rings. The van der Waals surface area contributed by atoms with E-state index in [0.717, 1.165) is 5.56 Å². The molecule has 1 aromatic heterocycles. The van der Waals surface area contributed by atoms with Crippen molar-refractivity contribution in [3.05, 3.63) is 47.7 Å². The van der Waals surface area contributed by atoms with E-state index in [1.807, 2.05) is 19.1 Å². The molecule has 26 heavy (non-hydrogen) atoms. The van der Waals surface area contributed by atoms with Crippen LogP contribution >= 0.6 is 0 Å². The molecular weight excluding hydrogens is 338 g/mol. The van der Waals surface area contributed by atoms with Gasteiger partial charge in [-0.15, -0.1) is 0 Å². The highest BCUT2D eigenvalue weighted by Crippen LogP contribution is 2.31. The molecule has 1 aromatic carbocycles. The summed E-state index contributed by atoms with van der Waals surface area (Å²) in [5.74, 6) is -0.334. The summed E-state index contributed by atoms with van der Waals surface area (Å²) in [5.41, 5.74) is -0.474. The number of benzene rings is 1. The number of carbonyl (C=O) groups is 2. The molecule has 0 saturated carbocycles. The lowest BCUT2D eigenvalue weighted by Gasteiger charge is -2.38. The minimum atomic E-state index is -1.34. The molecule has 0 radical (unpaired) electrons. The zero-order valence-electron chi connectivity index (χ0n) is 14.7. The number of hydrogen-bond donors (Lipinski definition) is 1. The summed E-state index contributed by atoms with van der Waals surface area (Å²) in [6.07, 6.45) is 0.389. The second kappa shape index (κ2) is 7.11. The highest BCUT2D eigenvalue weighted by atomic mass is 16.6. The number of aryl methyl sites for hydroxylation is 1. The van der Waals surface area contributed by atoms with E-state index < -0.39 is 11.6 Å². The maximum absolute atomic E-state index is 12.5. The Kier molecular flexibility index (Phi) is 4.88. The molecule has 1 aliphatic heterocycles. The van der Waals surface area contributed by atoms with Crippen LogP contribution in [-0.2, 0) is 4.79 Å². The van der Waals surface area contributed by atoms with E-state index in [1.54, 1.807) is 29.2 Å².